The second kappa shape index (κ2) is 3.14. The fourth-order valence-corrected chi connectivity index (χ4v) is 2.07. The summed E-state index contributed by atoms with van der Waals surface area (Å²) in [6, 6.07) is -0.265. The molecule has 2 saturated carbocycles. The number of halogens is 2. The normalized spacial score (nSPS) is 39.1. The van der Waals surface area contributed by atoms with Gasteiger partial charge >= 0.3 is 0 Å². The molecular weight excluding hydrogens is 204 g/mol. The zero-order valence-corrected chi connectivity index (χ0v) is 8.59. The first-order valence-corrected chi connectivity index (χ1v) is 5.21. The van der Waals surface area contributed by atoms with Crippen molar-refractivity contribution in [2.75, 3.05) is 0 Å². The first kappa shape index (κ1) is 10.8. The van der Waals surface area contributed by atoms with Gasteiger partial charge in [0.15, 0.2) is 0 Å². The van der Waals surface area contributed by atoms with Crippen LogP contribution in [-0.4, -0.2) is 28.6 Å². The van der Waals surface area contributed by atoms with Crippen molar-refractivity contribution in [3.63, 3.8) is 0 Å². The third-order valence-electron chi connectivity index (χ3n) is 3.47. The van der Waals surface area contributed by atoms with Gasteiger partial charge in [0.25, 0.3) is 0 Å². The number of alkyl halides is 2. The van der Waals surface area contributed by atoms with Crippen LogP contribution in [0.2, 0.25) is 0 Å². The Labute approximate surface area is 86.8 Å². The third kappa shape index (κ3) is 1.97. The van der Waals surface area contributed by atoms with E-state index >= 15 is 0 Å². The largest absolute Gasteiger partial charge is 0.388 e. The number of rotatable bonds is 2. The minimum atomic E-state index is -2.66. The van der Waals surface area contributed by atoms with Gasteiger partial charge in [-0.1, -0.05) is 0 Å². The fourth-order valence-electron chi connectivity index (χ4n) is 2.07. The van der Waals surface area contributed by atoms with Crippen molar-refractivity contribution in [2.24, 2.45) is 5.92 Å². The van der Waals surface area contributed by atoms with Crippen molar-refractivity contribution in [1.82, 2.24) is 5.32 Å². The summed E-state index contributed by atoms with van der Waals surface area (Å²) < 4.78 is 25.0. The molecule has 0 heterocycles. The Hall–Kier alpha value is -0.710. The van der Waals surface area contributed by atoms with Crippen molar-refractivity contribution in [1.29, 1.82) is 0 Å². The Kier molecular flexibility index (Phi) is 2.26. The molecule has 0 aromatic rings. The van der Waals surface area contributed by atoms with E-state index in [1.165, 1.54) is 0 Å². The molecule has 3 nitrogen and oxygen atoms in total. The Morgan fingerprint density at radius 3 is 2.40 bits per heavy atom. The minimum Gasteiger partial charge on any atom is -0.388 e. The van der Waals surface area contributed by atoms with Crippen LogP contribution >= 0.6 is 0 Å². The number of hydrogen-bond acceptors (Lipinski definition) is 2. The zero-order chi connectivity index (χ0) is 11.3. The highest BCUT2D eigenvalue weighted by Crippen LogP contribution is 2.43. The standard InChI is InChI=1S/C10H15F2NO2/c1-9(15)3-2-7(9)13-8(14)6-4-10(11,12)5-6/h6-7,15H,2-5H2,1H3,(H,13,14)/t7-,9-/m1/s1. The van der Waals surface area contributed by atoms with E-state index in [1.807, 2.05) is 0 Å². The van der Waals surface area contributed by atoms with Gasteiger partial charge in [0.1, 0.15) is 0 Å². The topological polar surface area (TPSA) is 49.3 Å². The van der Waals surface area contributed by atoms with E-state index in [4.69, 9.17) is 0 Å². The number of hydrogen-bond donors (Lipinski definition) is 2. The molecule has 0 spiro atoms. The molecule has 2 aliphatic carbocycles. The van der Waals surface area contributed by atoms with E-state index in [0.717, 1.165) is 6.42 Å². The van der Waals surface area contributed by atoms with Crippen molar-refractivity contribution < 1.29 is 18.7 Å². The molecule has 1 amide bonds. The van der Waals surface area contributed by atoms with Gasteiger partial charge in [-0.3, -0.25) is 4.79 Å². The zero-order valence-electron chi connectivity index (χ0n) is 8.59. The fraction of sp³-hybridized carbons (Fsp3) is 0.900. The lowest BCUT2D eigenvalue weighted by Crippen LogP contribution is -2.60. The lowest BCUT2D eigenvalue weighted by Gasteiger charge is -2.44. The third-order valence-corrected chi connectivity index (χ3v) is 3.47. The SMILES string of the molecule is C[C@@]1(O)CC[C@H]1NC(=O)C1CC(F)(F)C1. The summed E-state index contributed by atoms with van der Waals surface area (Å²) in [5.41, 5.74) is -0.859. The first-order valence-electron chi connectivity index (χ1n) is 5.21. The van der Waals surface area contributed by atoms with Gasteiger partial charge in [0.05, 0.1) is 11.6 Å². The van der Waals surface area contributed by atoms with Gasteiger partial charge in [-0.25, -0.2) is 8.78 Å². The lowest BCUT2D eigenvalue weighted by atomic mass is 9.75. The molecule has 0 bridgehead atoms. The van der Waals surface area contributed by atoms with E-state index in [0.29, 0.717) is 6.42 Å². The number of amides is 1. The van der Waals surface area contributed by atoms with E-state index in [9.17, 15) is 18.7 Å². The van der Waals surface area contributed by atoms with E-state index in [2.05, 4.69) is 5.32 Å². The quantitative estimate of drug-likeness (QED) is 0.729. The van der Waals surface area contributed by atoms with Crippen LogP contribution in [0.3, 0.4) is 0 Å². The highest BCUT2D eigenvalue weighted by Gasteiger charge is 2.50. The molecule has 2 rings (SSSR count). The number of carbonyl (C=O) groups is 1. The van der Waals surface area contributed by atoms with Crippen LogP contribution in [0, 0.1) is 5.92 Å². The molecule has 86 valence electrons. The van der Waals surface area contributed by atoms with Crippen LogP contribution < -0.4 is 5.32 Å². The summed E-state index contributed by atoms with van der Waals surface area (Å²) in [7, 11) is 0. The second-order valence-corrected chi connectivity index (χ2v) is 4.92. The van der Waals surface area contributed by atoms with Crippen LogP contribution in [0.5, 0.6) is 0 Å². The Morgan fingerprint density at radius 2 is 2.07 bits per heavy atom. The molecule has 2 N–H and O–H groups in total. The molecule has 0 aromatic carbocycles. The Morgan fingerprint density at radius 1 is 1.47 bits per heavy atom. The molecule has 2 aliphatic rings. The van der Waals surface area contributed by atoms with Crippen molar-refractivity contribution in [3.05, 3.63) is 0 Å². The maximum atomic E-state index is 12.5. The summed E-state index contributed by atoms with van der Waals surface area (Å²) in [5.74, 6) is -3.58. The average molecular weight is 219 g/mol. The number of aliphatic hydroxyl groups is 1. The minimum absolute atomic E-state index is 0.265. The number of nitrogens with one attached hydrogen (secondary N) is 1. The monoisotopic (exact) mass is 219 g/mol. The first-order chi connectivity index (χ1) is 6.80. The molecule has 0 saturated heterocycles. The van der Waals surface area contributed by atoms with Gasteiger partial charge in [0.2, 0.25) is 11.8 Å². The predicted molar refractivity (Wildman–Crippen MR) is 49.5 cm³/mol. The van der Waals surface area contributed by atoms with E-state index in [-0.39, 0.29) is 24.8 Å². The van der Waals surface area contributed by atoms with Crippen molar-refractivity contribution in [3.8, 4) is 0 Å². The predicted octanol–water partition coefficient (Wildman–Crippen LogP) is 1.06. The maximum Gasteiger partial charge on any atom is 0.249 e. The summed E-state index contributed by atoms with van der Waals surface area (Å²) in [6.07, 6.45) is 0.669. The smallest absolute Gasteiger partial charge is 0.249 e. The molecule has 2 atom stereocenters. The molecule has 0 aliphatic heterocycles. The van der Waals surface area contributed by atoms with Crippen LogP contribution in [0.1, 0.15) is 32.6 Å². The maximum absolute atomic E-state index is 12.5. The van der Waals surface area contributed by atoms with E-state index < -0.39 is 17.4 Å². The Balaban J connectivity index is 1.79. The summed E-state index contributed by atoms with van der Waals surface area (Å²) in [5, 5.41) is 12.3. The van der Waals surface area contributed by atoms with Crippen LogP contribution in [0.4, 0.5) is 8.78 Å². The molecular formula is C10H15F2NO2. The van der Waals surface area contributed by atoms with Gasteiger partial charge in [0, 0.05) is 18.8 Å². The Bertz CT molecular complexity index is 283. The highest BCUT2D eigenvalue weighted by molar-refractivity contribution is 5.80. The summed E-state index contributed by atoms with van der Waals surface area (Å²) >= 11 is 0. The van der Waals surface area contributed by atoms with E-state index in [1.54, 1.807) is 6.92 Å². The average Bonchev–Trinajstić information content (AvgIpc) is 2.08. The van der Waals surface area contributed by atoms with Gasteiger partial charge in [-0.05, 0) is 19.8 Å². The molecule has 0 radical (unpaired) electrons. The highest BCUT2D eigenvalue weighted by atomic mass is 19.3. The van der Waals surface area contributed by atoms with Crippen LogP contribution in [-0.2, 0) is 4.79 Å². The molecule has 2 fully saturated rings. The van der Waals surface area contributed by atoms with Crippen molar-refractivity contribution in [2.45, 2.75) is 50.2 Å². The summed E-state index contributed by atoms with van der Waals surface area (Å²) in [6.45, 7) is 1.65. The molecule has 0 unspecified atom stereocenters. The van der Waals surface area contributed by atoms with Gasteiger partial charge in [-0.15, -0.1) is 0 Å². The molecule has 5 heteroatoms. The summed E-state index contributed by atoms with van der Waals surface area (Å²) in [4.78, 5) is 11.4. The van der Waals surface area contributed by atoms with Crippen LogP contribution in [0.25, 0.3) is 0 Å². The van der Waals surface area contributed by atoms with Gasteiger partial charge in [-0.2, -0.15) is 0 Å². The number of carbonyl (C=O) groups excluding carboxylic acids is 1. The second-order valence-electron chi connectivity index (χ2n) is 4.92. The lowest BCUT2D eigenvalue weighted by molar-refractivity contribution is -0.154. The van der Waals surface area contributed by atoms with Gasteiger partial charge < -0.3 is 10.4 Å². The van der Waals surface area contributed by atoms with Crippen molar-refractivity contribution >= 4 is 5.91 Å². The molecule has 15 heavy (non-hydrogen) atoms. The van der Waals surface area contributed by atoms with Crippen LogP contribution in [0.15, 0.2) is 0 Å². The molecule has 0 aromatic heterocycles.